The maximum atomic E-state index is 11.7. The maximum absolute atomic E-state index is 11.7. The van der Waals surface area contributed by atoms with Crippen LogP contribution >= 0.6 is 0 Å². The fraction of sp³-hybridized carbons (Fsp3) is 0.923. The van der Waals surface area contributed by atoms with Gasteiger partial charge < -0.3 is 10.2 Å². The van der Waals surface area contributed by atoms with E-state index in [9.17, 15) is 19.8 Å². The van der Waals surface area contributed by atoms with Crippen molar-refractivity contribution in [3.63, 3.8) is 0 Å². The molecule has 4 heteroatoms. The Morgan fingerprint density at radius 2 is 0.700 bits per heavy atom. The van der Waals surface area contributed by atoms with E-state index in [0.29, 0.717) is 12.8 Å². The minimum atomic E-state index is -0.933. The maximum Gasteiger partial charge on any atom is 0.307 e. The Kier molecular flexibility index (Phi) is 20.4. The topological polar surface area (TPSA) is 74.6 Å². The normalized spacial score (nSPS) is 13.3. The number of unbranched alkanes of at least 4 members (excludes halogenated alkanes) is 16. The molecule has 4 nitrogen and oxygen atoms in total. The van der Waals surface area contributed by atoms with E-state index in [1.807, 2.05) is 0 Å². The molecule has 0 aromatic carbocycles. The highest BCUT2D eigenvalue weighted by Gasteiger charge is 2.32. The first-order valence-electron chi connectivity index (χ1n) is 13.0. The molecule has 0 spiro atoms. The van der Waals surface area contributed by atoms with Crippen molar-refractivity contribution in [3.8, 4) is 0 Å². The van der Waals surface area contributed by atoms with Crippen LogP contribution in [-0.4, -0.2) is 22.2 Å². The monoisotopic (exact) mass is 426 g/mol. The number of aliphatic carboxylic acids is 2. The minimum absolute atomic E-state index is 0.499. The highest BCUT2D eigenvalue weighted by molar-refractivity contribution is 5.79. The van der Waals surface area contributed by atoms with Gasteiger partial charge in [0.25, 0.3) is 0 Å². The van der Waals surface area contributed by atoms with Gasteiger partial charge in [-0.1, -0.05) is 129 Å². The predicted molar refractivity (Wildman–Crippen MR) is 126 cm³/mol. The van der Waals surface area contributed by atoms with Crippen molar-refractivity contribution < 1.29 is 19.8 Å². The average molecular weight is 427 g/mol. The summed E-state index contributed by atoms with van der Waals surface area (Å²) in [6.07, 6.45) is 22.3. The third kappa shape index (κ3) is 16.7. The molecule has 0 radical (unpaired) electrons. The molecule has 0 rings (SSSR count). The van der Waals surface area contributed by atoms with Gasteiger partial charge in [0.15, 0.2) is 0 Å². The quantitative estimate of drug-likeness (QED) is 0.161. The molecule has 0 saturated carbocycles. The number of rotatable bonds is 23. The molecule has 0 fully saturated rings. The Balaban J connectivity index is 4.01. The molecule has 0 heterocycles. The zero-order valence-corrected chi connectivity index (χ0v) is 20.0. The van der Waals surface area contributed by atoms with E-state index in [1.165, 1.54) is 77.0 Å². The third-order valence-corrected chi connectivity index (χ3v) is 6.36. The van der Waals surface area contributed by atoms with Crippen molar-refractivity contribution in [2.45, 2.75) is 142 Å². The van der Waals surface area contributed by atoms with Gasteiger partial charge in [0.2, 0.25) is 0 Å². The van der Waals surface area contributed by atoms with E-state index in [4.69, 9.17) is 0 Å². The Labute approximate surface area is 186 Å². The van der Waals surface area contributed by atoms with Crippen molar-refractivity contribution >= 4 is 11.9 Å². The van der Waals surface area contributed by atoms with E-state index < -0.39 is 23.8 Å². The summed E-state index contributed by atoms with van der Waals surface area (Å²) >= 11 is 0. The van der Waals surface area contributed by atoms with Crippen LogP contribution < -0.4 is 0 Å². The Bertz CT molecular complexity index is 408. The molecule has 0 bridgehead atoms. The molecule has 0 aromatic rings. The van der Waals surface area contributed by atoms with Crippen molar-refractivity contribution in [1.29, 1.82) is 0 Å². The van der Waals surface area contributed by atoms with Crippen LogP contribution in [0.2, 0.25) is 0 Å². The molecule has 0 aliphatic rings. The molecule has 0 amide bonds. The molecule has 2 unspecified atom stereocenters. The molecule has 30 heavy (non-hydrogen) atoms. The highest BCUT2D eigenvalue weighted by Crippen LogP contribution is 2.26. The van der Waals surface area contributed by atoms with Gasteiger partial charge in [-0.3, -0.25) is 9.59 Å². The van der Waals surface area contributed by atoms with Gasteiger partial charge >= 0.3 is 11.9 Å². The summed E-state index contributed by atoms with van der Waals surface area (Å²) in [6.45, 7) is 4.44. The van der Waals surface area contributed by atoms with E-state index >= 15 is 0 Å². The van der Waals surface area contributed by atoms with Gasteiger partial charge in [-0.15, -0.1) is 0 Å². The Morgan fingerprint density at radius 1 is 0.467 bits per heavy atom. The summed E-state index contributed by atoms with van der Waals surface area (Å²) in [4.78, 5) is 23.4. The average Bonchev–Trinajstić information content (AvgIpc) is 2.71. The first kappa shape index (κ1) is 28.9. The number of hydrogen-bond acceptors (Lipinski definition) is 2. The summed E-state index contributed by atoms with van der Waals surface area (Å²) in [5.74, 6) is -3.34. The van der Waals surface area contributed by atoms with Gasteiger partial charge in [0.1, 0.15) is 0 Å². The second kappa shape index (κ2) is 21.2. The highest BCUT2D eigenvalue weighted by atomic mass is 16.4. The first-order valence-corrected chi connectivity index (χ1v) is 13.0. The second-order valence-electron chi connectivity index (χ2n) is 9.12. The lowest BCUT2D eigenvalue weighted by molar-refractivity contribution is -0.154. The Morgan fingerprint density at radius 3 is 0.933 bits per heavy atom. The summed E-state index contributed by atoms with van der Waals surface area (Å²) in [5.41, 5.74) is 0. The van der Waals surface area contributed by atoms with Gasteiger partial charge in [0.05, 0.1) is 11.8 Å². The molecule has 0 saturated heterocycles. The largest absolute Gasteiger partial charge is 0.481 e. The van der Waals surface area contributed by atoms with Gasteiger partial charge in [-0.25, -0.2) is 0 Å². The lowest BCUT2D eigenvalue weighted by Gasteiger charge is -2.20. The summed E-state index contributed by atoms with van der Waals surface area (Å²) < 4.78 is 0. The number of carboxylic acids is 2. The van der Waals surface area contributed by atoms with Crippen LogP contribution in [0.4, 0.5) is 0 Å². The fourth-order valence-corrected chi connectivity index (χ4v) is 4.34. The number of carbonyl (C=O) groups is 2. The molecule has 0 aromatic heterocycles. The van der Waals surface area contributed by atoms with Gasteiger partial charge in [-0.05, 0) is 12.8 Å². The van der Waals surface area contributed by atoms with E-state index in [2.05, 4.69) is 13.8 Å². The zero-order valence-electron chi connectivity index (χ0n) is 20.0. The van der Waals surface area contributed by atoms with Gasteiger partial charge in [-0.2, -0.15) is 0 Å². The van der Waals surface area contributed by atoms with Crippen molar-refractivity contribution in [1.82, 2.24) is 0 Å². The first-order chi connectivity index (χ1) is 14.5. The third-order valence-electron chi connectivity index (χ3n) is 6.36. The SMILES string of the molecule is CCCCCCCCCCCCC(C(=O)O)C(CCCCCCCCCC)C(=O)O. The van der Waals surface area contributed by atoms with Crippen LogP contribution in [-0.2, 0) is 9.59 Å². The van der Waals surface area contributed by atoms with Crippen LogP contribution in [0.25, 0.3) is 0 Å². The smallest absolute Gasteiger partial charge is 0.307 e. The molecule has 0 aliphatic carbocycles. The summed E-state index contributed by atoms with van der Waals surface area (Å²) in [5, 5.41) is 19.2. The van der Waals surface area contributed by atoms with Crippen LogP contribution in [0.5, 0.6) is 0 Å². The molecule has 0 aliphatic heterocycles. The lowest BCUT2D eigenvalue weighted by atomic mass is 9.84. The zero-order chi connectivity index (χ0) is 22.5. The number of carboxylic acid groups (broad SMARTS) is 2. The second-order valence-corrected chi connectivity index (χ2v) is 9.12. The molecule has 2 N–H and O–H groups in total. The summed E-state index contributed by atoms with van der Waals surface area (Å²) in [6, 6.07) is 0. The standard InChI is InChI=1S/C26H50O4/c1-3-5-7-9-11-13-14-16-18-20-22-24(26(29)30)23(25(27)28)21-19-17-15-12-10-8-6-4-2/h23-24H,3-22H2,1-2H3,(H,27,28)(H,29,30). The number of hydrogen-bond donors (Lipinski definition) is 2. The minimum Gasteiger partial charge on any atom is -0.481 e. The van der Waals surface area contributed by atoms with E-state index in [0.717, 1.165) is 38.5 Å². The van der Waals surface area contributed by atoms with Crippen molar-refractivity contribution in [2.75, 3.05) is 0 Å². The van der Waals surface area contributed by atoms with E-state index in [1.54, 1.807) is 0 Å². The van der Waals surface area contributed by atoms with Crippen molar-refractivity contribution in [3.05, 3.63) is 0 Å². The molecular weight excluding hydrogens is 376 g/mol. The Hall–Kier alpha value is -1.06. The fourth-order valence-electron chi connectivity index (χ4n) is 4.34. The van der Waals surface area contributed by atoms with Gasteiger partial charge in [0, 0.05) is 0 Å². The van der Waals surface area contributed by atoms with E-state index in [-0.39, 0.29) is 0 Å². The molecule has 2 atom stereocenters. The van der Waals surface area contributed by atoms with Crippen molar-refractivity contribution in [2.24, 2.45) is 11.8 Å². The lowest BCUT2D eigenvalue weighted by Crippen LogP contribution is -2.30. The van der Waals surface area contributed by atoms with Crippen LogP contribution in [0.3, 0.4) is 0 Å². The predicted octanol–water partition coefficient (Wildman–Crippen LogP) is 8.23. The molecule has 178 valence electrons. The van der Waals surface area contributed by atoms with Crippen LogP contribution in [0.15, 0.2) is 0 Å². The van der Waals surface area contributed by atoms with Crippen LogP contribution in [0.1, 0.15) is 142 Å². The summed E-state index contributed by atoms with van der Waals surface area (Å²) in [7, 11) is 0. The molecular formula is C26H50O4. The van der Waals surface area contributed by atoms with Crippen LogP contribution in [0, 0.1) is 11.8 Å².